The SMILES string of the molecule is CCC(NC1(C(F)(F)F)CC1)C(N)=NO. The van der Waals surface area contributed by atoms with Crippen molar-refractivity contribution in [1.82, 2.24) is 5.32 Å². The predicted molar refractivity (Wildman–Crippen MR) is 48.6 cm³/mol. The van der Waals surface area contributed by atoms with Crippen molar-refractivity contribution >= 4 is 5.84 Å². The number of rotatable bonds is 4. The van der Waals surface area contributed by atoms with Gasteiger partial charge in [0, 0.05) is 0 Å². The molecule has 15 heavy (non-hydrogen) atoms. The average Bonchev–Trinajstić information content (AvgIpc) is 2.93. The van der Waals surface area contributed by atoms with Crippen LogP contribution in [0.4, 0.5) is 13.2 Å². The van der Waals surface area contributed by atoms with Crippen LogP contribution in [0.15, 0.2) is 5.16 Å². The fourth-order valence-electron chi connectivity index (χ4n) is 1.42. The van der Waals surface area contributed by atoms with E-state index in [4.69, 9.17) is 10.9 Å². The molecule has 1 unspecified atom stereocenters. The molecule has 0 saturated heterocycles. The molecule has 1 rings (SSSR count). The van der Waals surface area contributed by atoms with Crippen LogP contribution in [0.5, 0.6) is 0 Å². The van der Waals surface area contributed by atoms with Gasteiger partial charge >= 0.3 is 6.18 Å². The highest BCUT2D eigenvalue weighted by molar-refractivity contribution is 5.85. The summed E-state index contributed by atoms with van der Waals surface area (Å²) in [6.45, 7) is 1.67. The molecule has 7 heteroatoms. The molecule has 0 amide bonds. The summed E-state index contributed by atoms with van der Waals surface area (Å²) in [6.07, 6.45) is -3.85. The standard InChI is InChI=1S/C8H14F3N3O/c1-2-5(6(12)14-15)13-7(3-4-7)8(9,10)11/h5,13,15H,2-4H2,1H3,(H2,12,14). The largest absolute Gasteiger partial charge is 0.409 e. The van der Waals surface area contributed by atoms with E-state index in [-0.39, 0.29) is 18.7 Å². The Morgan fingerprint density at radius 3 is 2.40 bits per heavy atom. The van der Waals surface area contributed by atoms with Crippen LogP contribution in [0.3, 0.4) is 0 Å². The van der Waals surface area contributed by atoms with E-state index < -0.39 is 17.8 Å². The number of nitrogens with zero attached hydrogens (tertiary/aromatic N) is 1. The molecule has 0 spiro atoms. The van der Waals surface area contributed by atoms with Gasteiger partial charge in [0.2, 0.25) is 0 Å². The number of nitrogens with one attached hydrogen (secondary N) is 1. The molecule has 1 saturated carbocycles. The van der Waals surface area contributed by atoms with E-state index in [1.54, 1.807) is 6.92 Å². The second-order valence-electron chi connectivity index (χ2n) is 3.71. The van der Waals surface area contributed by atoms with Gasteiger partial charge in [-0.2, -0.15) is 13.2 Å². The zero-order valence-electron chi connectivity index (χ0n) is 8.30. The summed E-state index contributed by atoms with van der Waals surface area (Å²) >= 11 is 0. The molecule has 0 aromatic heterocycles. The number of amidine groups is 1. The van der Waals surface area contributed by atoms with E-state index in [9.17, 15) is 13.2 Å². The lowest BCUT2D eigenvalue weighted by molar-refractivity contribution is -0.166. The fraction of sp³-hybridized carbons (Fsp3) is 0.875. The van der Waals surface area contributed by atoms with E-state index in [1.807, 2.05) is 0 Å². The fourth-order valence-corrected chi connectivity index (χ4v) is 1.42. The second-order valence-corrected chi connectivity index (χ2v) is 3.71. The summed E-state index contributed by atoms with van der Waals surface area (Å²) in [7, 11) is 0. The van der Waals surface area contributed by atoms with E-state index in [0.29, 0.717) is 6.42 Å². The third-order valence-corrected chi connectivity index (χ3v) is 2.62. The molecule has 0 radical (unpaired) electrons. The van der Waals surface area contributed by atoms with Crippen molar-refractivity contribution in [1.29, 1.82) is 0 Å². The summed E-state index contributed by atoms with van der Waals surface area (Å²) in [4.78, 5) is 0. The molecule has 1 aliphatic carbocycles. The smallest absolute Gasteiger partial charge is 0.406 e. The molecule has 1 fully saturated rings. The molecule has 1 aliphatic rings. The van der Waals surface area contributed by atoms with Crippen LogP contribution in [0.2, 0.25) is 0 Å². The predicted octanol–water partition coefficient (Wildman–Crippen LogP) is 1.20. The first-order chi connectivity index (χ1) is 6.86. The molecule has 0 heterocycles. The van der Waals surface area contributed by atoms with E-state index in [1.165, 1.54) is 0 Å². The van der Waals surface area contributed by atoms with Gasteiger partial charge in [0.15, 0.2) is 5.84 Å². The van der Waals surface area contributed by atoms with Crippen LogP contribution in [-0.2, 0) is 0 Å². The highest BCUT2D eigenvalue weighted by Crippen LogP contribution is 2.49. The first kappa shape index (κ1) is 12.1. The molecule has 0 aromatic carbocycles. The lowest BCUT2D eigenvalue weighted by Gasteiger charge is -2.25. The van der Waals surface area contributed by atoms with Gasteiger partial charge in [-0.3, -0.25) is 5.32 Å². The van der Waals surface area contributed by atoms with Crippen molar-refractivity contribution in [3.8, 4) is 0 Å². The Morgan fingerprint density at radius 1 is 1.60 bits per heavy atom. The highest BCUT2D eigenvalue weighted by atomic mass is 19.4. The van der Waals surface area contributed by atoms with Crippen LogP contribution in [-0.4, -0.2) is 28.8 Å². The normalized spacial score (nSPS) is 22.5. The molecule has 0 aromatic rings. The van der Waals surface area contributed by atoms with Gasteiger partial charge in [0.05, 0.1) is 6.04 Å². The summed E-state index contributed by atoms with van der Waals surface area (Å²) in [5.41, 5.74) is 3.45. The monoisotopic (exact) mass is 225 g/mol. The quantitative estimate of drug-likeness (QED) is 0.291. The average molecular weight is 225 g/mol. The number of oxime groups is 1. The maximum Gasteiger partial charge on any atom is 0.406 e. The second kappa shape index (κ2) is 3.88. The van der Waals surface area contributed by atoms with Gasteiger partial charge in [-0.1, -0.05) is 12.1 Å². The van der Waals surface area contributed by atoms with Gasteiger partial charge in [-0.15, -0.1) is 0 Å². The van der Waals surface area contributed by atoms with Gasteiger partial charge in [0.1, 0.15) is 5.54 Å². The maximum atomic E-state index is 12.6. The summed E-state index contributed by atoms with van der Waals surface area (Å²) < 4.78 is 37.7. The molecule has 1 atom stereocenters. The highest BCUT2D eigenvalue weighted by Gasteiger charge is 2.63. The Labute approximate surface area is 85.3 Å². The molecular formula is C8H14F3N3O. The minimum absolute atomic E-state index is 0.0473. The number of hydrogen-bond acceptors (Lipinski definition) is 3. The Morgan fingerprint density at radius 2 is 2.13 bits per heavy atom. The van der Waals surface area contributed by atoms with Crippen LogP contribution < -0.4 is 11.1 Å². The van der Waals surface area contributed by atoms with Crippen LogP contribution in [0.25, 0.3) is 0 Å². The van der Waals surface area contributed by atoms with Crippen molar-refractivity contribution < 1.29 is 18.4 Å². The zero-order valence-corrected chi connectivity index (χ0v) is 8.30. The molecule has 0 bridgehead atoms. The Balaban J connectivity index is 2.68. The van der Waals surface area contributed by atoms with E-state index >= 15 is 0 Å². The molecular weight excluding hydrogens is 211 g/mol. The minimum atomic E-state index is -4.28. The summed E-state index contributed by atoms with van der Waals surface area (Å²) in [6, 6.07) is -0.737. The molecule has 4 nitrogen and oxygen atoms in total. The van der Waals surface area contributed by atoms with Crippen molar-refractivity contribution in [2.24, 2.45) is 10.9 Å². The third-order valence-electron chi connectivity index (χ3n) is 2.62. The lowest BCUT2D eigenvalue weighted by atomic mass is 10.1. The topological polar surface area (TPSA) is 70.6 Å². The van der Waals surface area contributed by atoms with Crippen molar-refractivity contribution in [3.05, 3.63) is 0 Å². The molecule has 4 N–H and O–H groups in total. The van der Waals surface area contributed by atoms with Crippen molar-refractivity contribution in [2.75, 3.05) is 0 Å². The maximum absolute atomic E-state index is 12.6. The van der Waals surface area contributed by atoms with Gasteiger partial charge in [0.25, 0.3) is 0 Å². The van der Waals surface area contributed by atoms with Crippen LogP contribution in [0, 0.1) is 0 Å². The lowest BCUT2D eigenvalue weighted by Crippen LogP contribution is -2.53. The zero-order chi connectivity index (χ0) is 11.7. The number of halogens is 3. The molecule has 0 aliphatic heterocycles. The van der Waals surface area contributed by atoms with Crippen molar-refractivity contribution in [2.45, 2.75) is 43.9 Å². The Bertz CT molecular complexity index is 260. The number of alkyl halides is 3. The number of hydrogen-bond donors (Lipinski definition) is 3. The van der Waals surface area contributed by atoms with Crippen LogP contribution >= 0.6 is 0 Å². The van der Waals surface area contributed by atoms with E-state index in [2.05, 4.69) is 10.5 Å². The Hall–Kier alpha value is -0.980. The molecule has 88 valence electrons. The number of nitrogens with two attached hydrogens (primary N) is 1. The Kier molecular flexibility index (Phi) is 3.13. The van der Waals surface area contributed by atoms with Crippen LogP contribution in [0.1, 0.15) is 26.2 Å². The minimum Gasteiger partial charge on any atom is -0.409 e. The van der Waals surface area contributed by atoms with E-state index in [0.717, 1.165) is 0 Å². The van der Waals surface area contributed by atoms with Crippen molar-refractivity contribution in [3.63, 3.8) is 0 Å². The van der Waals surface area contributed by atoms with Gasteiger partial charge in [-0.25, -0.2) is 0 Å². The summed E-state index contributed by atoms with van der Waals surface area (Å²) in [5.74, 6) is -0.215. The van der Waals surface area contributed by atoms with Gasteiger partial charge in [-0.05, 0) is 19.3 Å². The first-order valence-corrected chi connectivity index (χ1v) is 4.68. The first-order valence-electron chi connectivity index (χ1n) is 4.68. The summed E-state index contributed by atoms with van der Waals surface area (Å²) in [5, 5.41) is 13.5. The third kappa shape index (κ3) is 2.34. The van der Waals surface area contributed by atoms with Gasteiger partial charge < -0.3 is 10.9 Å².